The van der Waals surface area contributed by atoms with Crippen LogP contribution in [0.1, 0.15) is 61.9 Å². The Kier molecular flexibility index (Phi) is 7.11. The maximum Gasteiger partial charge on any atom is 0.231 e. The van der Waals surface area contributed by atoms with Gasteiger partial charge in [-0.3, -0.25) is 4.90 Å². The number of aromatic nitrogens is 3. The summed E-state index contributed by atoms with van der Waals surface area (Å²) in [6, 6.07) is 5.91. The molecule has 1 atom stereocenters. The van der Waals surface area contributed by atoms with Crippen LogP contribution in [0.2, 0.25) is 0 Å². The molecule has 0 spiro atoms. The van der Waals surface area contributed by atoms with Crippen LogP contribution < -0.4 is 4.74 Å². The van der Waals surface area contributed by atoms with Crippen LogP contribution >= 0.6 is 0 Å². The molecule has 7 heteroatoms. The van der Waals surface area contributed by atoms with Crippen molar-refractivity contribution in [3.63, 3.8) is 0 Å². The second-order valence-corrected chi connectivity index (χ2v) is 8.27. The smallest absolute Gasteiger partial charge is 0.231 e. The summed E-state index contributed by atoms with van der Waals surface area (Å²) in [6.07, 6.45) is 8.27. The molecule has 29 heavy (non-hydrogen) atoms. The number of hydrogen-bond donors (Lipinski definition) is 0. The van der Waals surface area contributed by atoms with Gasteiger partial charge in [0.05, 0.1) is 25.3 Å². The fourth-order valence-corrected chi connectivity index (χ4v) is 4.41. The predicted octanol–water partition coefficient (Wildman–Crippen LogP) is 3.60. The van der Waals surface area contributed by atoms with Gasteiger partial charge >= 0.3 is 0 Å². The third-order valence-corrected chi connectivity index (χ3v) is 6.01. The van der Waals surface area contributed by atoms with E-state index in [0.717, 1.165) is 68.8 Å². The van der Waals surface area contributed by atoms with Gasteiger partial charge in [-0.2, -0.15) is 4.98 Å². The second-order valence-electron chi connectivity index (χ2n) is 8.27. The van der Waals surface area contributed by atoms with E-state index >= 15 is 0 Å². The van der Waals surface area contributed by atoms with Crippen LogP contribution in [-0.2, 0) is 17.7 Å². The normalized spacial score (nSPS) is 20.9. The molecule has 2 aromatic heterocycles. The van der Waals surface area contributed by atoms with E-state index in [0.29, 0.717) is 12.5 Å². The quantitative estimate of drug-likeness (QED) is 0.595. The predicted molar refractivity (Wildman–Crippen MR) is 109 cm³/mol. The van der Waals surface area contributed by atoms with Crippen molar-refractivity contribution in [3.05, 3.63) is 35.6 Å². The third kappa shape index (κ3) is 5.76. The first-order valence-corrected chi connectivity index (χ1v) is 10.9. The Morgan fingerprint density at radius 2 is 2.03 bits per heavy atom. The molecule has 1 unspecified atom stereocenters. The molecule has 3 heterocycles. The maximum absolute atomic E-state index is 5.83. The molecule has 1 aliphatic carbocycles. The van der Waals surface area contributed by atoms with Gasteiger partial charge in [0.25, 0.3) is 0 Å². The second kappa shape index (κ2) is 10.2. The molecule has 0 bridgehead atoms. The highest BCUT2D eigenvalue weighted by molar-refractivity contribution is 5.15. The van der Waals surface area contributed by atoms with Crippen LogP contribution in [0.5, 0.6) is 5.88 Å². The van der Waals surface area contributed by atoms with E-state index in [1.54, 1.807) is 7.11 Å². The lowest BCUT2D eigenvalue weighted by Gasteiger charge is -2.30. The van der Waals surface area contributed by atoms with Crippen molar-refractivity contribution < 1.29 is 14.0 Å². The Morgan fingerprint density at radius 3 is 2.90 bits per heavy atom. The fourth-order valence-electron chi connectivity index (χ4n) is 4.41. The average Bonchev–Trinajstić information content (AvgIpc) is 3.44. The largest absolute Gasteiger partial charge is 0.481 e. The molecule has 1 aliphatic heterocycles. The zero-order valence-electron chi connectivity index (χ0n) is 17.4. The van der Waals surface area contributed by atoms with Gasteiger partial charge in [0.1, 0.15) is 0 Å². The molecule has 0 N–H and O–H groups in total. The number of likely N-dealkylation sites (tertiary alicyclic amines) is 1. The van der Waals surface area contributed by atoms with Crippen molar-refractivity contribution >= 4 is 0 Å². The first-order valence-electron chi connectivity index (χ1n) is 10.9. The van der Waals surface area contributed by atoms with E-state index < -0.39 is 0 Å². The molecule has 0 amide bonds. The summed E-state index contributed by atoms with van der Waals surface area (Å²) in [7, 11) is 1.65. The van der Waals surface area contributed by atoms with Crippen molar-refractivity contribution in [2.45, 2.75) is 57.4 Å². The average molecular weight is 401 g/mol. The Morgan fingerprint density at radius 1 is 1.14 bits per heavy atom. The molecule has 158 valence electrons. The van der Waals surface area contributed by atoms with Crippen LogP contribution in [-0.4, -0.2) is 53.4 Å². The van der Waals surface area contributed by atoms with Crippen LogP contribution in [0.3, 0.4) is 0 Å². The van der Waals surface area contributed by atoms with Gasteiger partial charge in [-0.15, -0.1) is 0 Å². The van der Waals surface area contributed by atoms with E-state index in [2.05, 4.69) is 20.0 Å². The molecular weight excluding hydrogens is 368 g/mol. The van der Waals surface area contributed by atoms with Gasteiger partial charge in [-0.25, -0.2) is 4.98 Å². The molecule has 0 radical (unpaired) electrons. The number of nitrogens with zero attached hydrogens (tertiary/aromatic N) is 4. The van der Waals surface area contributed by atoms with E-state index in [1.165, 1.54) is 25.7 Å². The molecule has 4 rings (SSSR count). The lowest BCUT2D eigenvalue weighted by molar-refractivity contribution is 0.102. The van der Waals surface area contributed by atoms with Crippen LogP contribution in [0.15, 0.2) is 22.7 Å². The van der Waals surface area contributed by atoms with Crippen molar-refractivity contribution in [3.8, 4) is 5.88 Å². The van der Waals surface area contributed by atoms with E-state index in [-0.39, 0.29) is 5.92 Å². The van der Waals surface area contributed by atoms with Gasteiger partial charge in [0.2, 0.25) is 11.8 Å². The molecule has 2 aromatic rings. The van der Waals surface area contributed by atoms with Crippen LogP contribution in [0.25, 0.3) is 0 Å². The van der Waals surface area contributed by atoms with E-state index in [4.69, 9.17) is 14.0 Å². The number of rotatable bonds is 9. The highest BCUT2D eigenvalue weighted by atomic mass is 16.5. The summed E-state index contributed by atoms with van der Waals surface area (Å²) >= 11 is 0. The highest BCUT2D eigenvalue weighted by Crippen LogP contribution is 2.27. The number of methoxy groups -OCH3 is 1. The van der Waals surface area contributed by atoms with Crippen molar-refractivity contribution in [2.75, 3.05) is 33.4 Å². The highest BCUT2D eigenvalue weighted by Gasteiger charge is 2.26. The molecule has 2 fully saturated rings. The minimum atomic E-state index is 0.287. The summed E-state index contributed by atoms with van der Waals surface area (Å²) in [5.74, 6) is 3.22. The monoisotopic (exact) mass is 400 g/mol. The van der Waals surface area contributed by atoms with Gasteiger partial charge in [-0.05, 0) is 44.2 Å². The SMILES string of the molecule is COc1cccc(CN2CCCC(c3nc(CCOCC4CCCC4)no3)C2)n1. The van der Waals surface area contributed by atoms with Gasteiger partial charge in [0.15, 0.2) is 5.82 Å². The van der Waals surface area contributed by atoms with Crippen LogP contribution in [0, 0.1) is 5.92 Å². The summed E-state index contributed by atoms with van der Waals surface area (Å²) in [5, 5.41) is 4.18. The van der Waals surface area contributed by atoms with Crippen molar-refractivity contribution in [1.82, 2.24) is 20.0 Å². The Bertz CT molecular complexity index is 760. The number of hydrogen-bond acceptors (Lipinski definition) is 7. The van der Waals surface area contributed by atoms with Gasteiger partial charge in [0, 0.05) is 32.2 Å². The Hall–Kier alpha value is -1.99. The molecule has 1 saturated carbocycles. The Labute approximate surface area is 172 Å². The topological polar surface area (TPSA) is 73.5 Å². The van der Waals surface area contributed by atoms with Crippen LogP contribution in [0.4, 0.5) is 0 Å². The third-order valence-electron chi connectivity index (χ3n) is 6.01. The van der Waals surface area contributed by atoms with Crippen molar-refractivity contribution in [2.24, 2.45) is 5.92 Å². The number of ether oxygens (including phenoxy) is 2. The first-order chi connectivity index (χ1) is 14.3. The van der Waals surface area contributed by atoms with E-state index in [9.17, 15) is 0 Å². The molecule has 1 saturated heterocycles. The number of pyridine rings is 1. The van der Waals surface area contributed by atoms with Gasteiger partial charge in [-0.1, -0.05) is 24.1 Å². The maximum atomic E-state index is 5.83. The summed E-state index contributed by atoms with van der Waals surface area (Å²) in [5.41, 5.74) is 1.02. The molecule has 2 aliphatic rings. The minimum absolute atomic E-state index is 0.287. The molecule has 7 nitrogen and oxygen atoms in total. The zero-order valence-corrected chi connectivity index (χ0v) is 17.4. The number of piperidine rings is 1. The van der Waals surface area contributed by atoms with E-state index in [1.807, 2.05) is 18.2 Å². The summed E-state index contributed by atoms with van der Waals surface area (Å²) in [4.78, 5) is 11.6. The fraction of sp³-hybridized carbons (Fsp3) is 0.682. The minimum Gasteiger partial charge on any atom is -0.481 e. The Balaban J connectivity index is 1.24. The zero-order chi connectivity index (χ0) is 19.9. The lowest BCUT2D eigenvalue weighted by Crippen LogP contribution is -2.34. The van der Waals surface area contributed by atoms with Gasteiger partial charge < -0.3 is 14.0 Å². The first kappa shape index (κ1) is 20.3. The summed E-state index contributed by atoms with van der Waals surface area (Å²) in [6.45, 7) is 4.34. The molecular formula is C22H32N4O3. The van der Waals surface area contributed by atoms with Crippen molar-refractivity contribution in [1.29, 1.82) is 0 Å². The lowest BCUT2D eigenvalue weighted by atomic mass is 9.98. The standard InChI is InChI=1S/C22H32N4O3/c1-27-21-10-4-9-19(23-21)15-26-12-5-8-18(14-26)22-24-20(25-29-22)11-13-28-16-17-6-2-3-7-17/h4,9-10,17-18H,2-3,5-8,11-16H2,1H3. The summed E-state index contributed by atoms with van der Waals surface area (Å²) < 4.78 is 16.7. The molecule has 0 aromatic carbocycles.